The maximum Gasteiger partial charge on any atom is 0.353 e. The molecule has 1 N–H and O–H groups in total. The van der Waals surface area contributed by atoms with Gasteiger partial charge in [0.2, 0.25) is 11.6 Å². The lowest BCUT2D eigenvalue weighted by atomic mass is 10.4. The summed E-state index contributed by atoms with van der Waals surface area (Å²) in [6.07, 6.45) is 3.46. The van der Waals surface area contributed by atoms with Crippen LogP contribution in [0, 0.1) is 10.1 Å². The van der Waals surface area contributed by atoms with Crippen molar-refractivity contribution in [3.63, 3.8) is 0 Å². The van der Waals surface area contributed by atoms with E-state index < -0.39 is 4.92 Å². The molecule has 86 valence electrons. The van der Waals surface area contributed by atoms with E-state index in [9.17, 15) is 10.1 Å². The topological polar surface area (TPSA) is 84.2 Å². The summed E-state index contributed by atoms with van der Waals surface area (Å²) in [5.74, 6) is 0.684. The van der Waals surface area contributed by atoms with E-state index in [1.807, 2.05) is 4.90 Å². The van der Waals surface area contributed by atoms with E-state index in [2.05, 4.69) is 15.3 Å². The molecule has 7 nitrogen and oxygen atoms in total. The number of aromatic nitrogens is 2. The van der Waals surface area contributed by atoms with Crippen LogP contribution < -0.4 is 10.2 Å². The van der Waals surface area contributed by atoms with E-state index in [1.54, 1.807) is 7.05 Å². The van der Waals surface area contributed by atoms with Gasteiger partial charge in [-0.1, -0.05) is 0 Å². The number of hydrogen-bond donors (Lipinski definition) is 1. The minimum Gasteiger partial charge on any atom is -0.367 e. The summed E-state index contributed by atoms with van der Waals surface area (Å²) in [7, 11) is 1.61. The number of hydrogen-bond acceptors (Lipinski definition) is 6. The minimum atomic E-state index is -0.431. The van der Waals surface area contributed by atoms with Crippen LogP contribution in [-0.4, -0.2) is 35.0 Å². The minimum absolute atomic E-state index is 0.0353. The molecule has 16 heavy (non-hydrogen) atoms. The van der Waals surface area contributed by atoms with Gasteiger partial charge in [-0.2, -0.15) is 0 Å². The smallest absolute Gasteiger partial charge is 0.353 e. The van der Waals surface area contributed by atoms with Gasteiger partial charge < -0.3 is 10.2 Å². The molecule has 0 atom stereocenters. The van der Waals surface area contributed by atoms with Gasteiger partial charge in [0, 0.05) is 20.1 Å². The molecule has 1 saturated heterocycles. The fraction of sp³-hybridized carbons (Fsp3) is 0.556. The zero-order chi connectivity index (χ0) is 11.5. The second-order valence-electron chi connectivity index (χ2n) is 3.60. The van der Waals surface area contributed by atoms with Gasteiger partial charge in [-0.25, -0.2) is 9.97 Å². The second-order valence-corrected chi connectivity index (χ2v) is 3.60. The molecule has 2 rings (SSSR count). The summed E-state index contributed by atoms with van der Waals surface area (Å²) in [6, 6.07) is 0. The van der Waals surface area contributed by atoms with Crippen LogP contribution in [0.4, 0.5) is 17.3 Å². The predicted octanol–water partition coefficient (Wildman–Crippen LogP) is 1.03. The van der Waals surface area contributed by atoms with E-state index in [4.69, 9.17) is 0 Å². The van der Waals surface area contributed by atoms with Crippen LogP contribution in [0.3, 0.4) is 0 Å². The molecule has 0 radical (unpaired) electrons. The van der Waals surface area contributed by atoms with Crippen molar-refractivity contribution < 1.29 is 4.92 Å². The second kappa shape index (κ2) is 4.30. The molecule has 1 aliphatic heterocycles. The molecule has 1 fully saturated rings. The first-order chi connectivity index (χ1) is 7.74. The molecule has 1 aromatic heterocycles. The van der Waals surface area contributed by atoms with Crippen LogP contribution in [0.15, 0.2) is 6.33 Å². The molecule has 1 aromatic rings. The predicted molar refractivity (Wildman–Crippen MR) is 59.7 cm³/mol. The molecule has 7 heteroatoms. The van der Waals surface area contributed by atoms with Crippen molar-refractivity contribution in [1.29, 1.82) is 0 Å². The highest BCUT2D eigenvalue weighted by Crippen LogP contribution is 2.32. The van der Waals surface area contributed by atoms with Crippen molar-refractivity contribution >= 4 is 17.3 Å². The zero-order valence-corrected chi connectivity index (χ0v) is 9.01. The van der Waals surface area contributed by atoms with Gasteiger partial charge in [-0.15, -0.1) is 0 Å². The molecule has 0 saturated carbocycles. The molecule has 1 aliphatic rings. The van der Waals surface area contributed by atoms with Gasteiger partial charge >= 0.3 is 5.69 Å². The molecule has 2 heterocycles. The van der Waals surface area contributed by atoms with Crippen molar-refractivity contribution in [1.82, 2.24) is 9.97 Å². The van der Waals surface area contributed by atoms with Crippen molar-refractivity contribution in [3.05, 3.63) is 16.4 Å². The van der Waals surface area contributed by atoms with Crippen LogP contribution in [0.1, 0.15) is 12.8 Å². The van der Waals surface area contributed by atoms with Crippen LogP contribution in [-0.2, 0) is 0 Å². The number of rotatable bonds is 3. The molecule has 0 unspecified atom stereocenters. The maximum atomic E-state index is 11.0. The largest absolute Gasteiger partial charge is 0.367 e. The van der Waals surface area contributed by atoms with E-state index in [-0.39, 0.29) is 11.5 Å². The third-order valence-corrected chi connectivity index (χ3v) is 2.63. The number of anilines is 2. The zero-order valence-electron chi connectivity index (χ0n) is 9.01. The van der Waals surface area contributed by atoms with Crippen LogP contribution >= 0.6 is 0 Å². The number of nitrogens with zero attached hydrogens (tertiary/aromatic N) is 4. The summed E-state index contributed by atoms with van der Waals surface area (Å²) in [4.78, 5) is 20.4. The van der Waals surface area contributed by atoms with Crippen LogP contribution in [0.2, 0.25) is 0 Å². The Morgan fingerprint density at radius 2 is 2.12 bits per heavy atom. The lowest BCUT2D eigenvalue weighted by molar-refractivity contribution is -0.383. The van der Waals surface area contributed by atoms with Crippen molar-refractivity contribution in [2.45, 2.75) is 12.8 Å². The summed E-state index contributed by atoms with van der Waals surface area (Å²) < 4.78 is 0. The SMILES string of the molecule is CNc1ncnc(N2CCCC2)c1[N+](=O)[O-]. The first-order valence-electron chi connectivity index (χ1n) is 5.16. The van der Waals surface area contributed by atoms with Crippen molar-refractivity contribution in [2.75, 3.05) is 30.4 Å². The van der Waals surface area contributed by atoms with Crippen molar-refractivity contribution in [3.8, 4) is 0 Å². The molecule has 0 spiro atoms. The highest BCUT2D eigenvalue weighted by Gasteiger charge is 2.27. The third-order valence-electron chi connectivity index (χ3n) is 2.63. The Balaban J connectivity index is 2.46. The quantitative estimate of drug-likeness (QED) is 0.608. The molecule has 0 aliphatic carbocycles. The normalized spacial score (nSPS) is 15.2. The molecular formula is C9H13N5O2. The highest BCUT2D eigenvalue weighted by atomic mass is 16.6. The van der Waals surface area contributed by atoms with Crippen molar-refractivity contribution in [2.24, 2.45) is 0 Å². The summed E-state index contributed by atoms with van der Waals surface area (Å²) >= 11 is 0. The number of nitro groups is 1. The Labute approximate surface area is 92.7 Å². The summed E-state index contributed by atoms with van der Waals surface area (Å²) in [6.45, 7) is 1.64. The maximum absolute atomic E-state index is 11.0. The van der Waals surface area contributed by atoms with E-state index in [0.717, 1.165) is 25.9 Å². The van der Waals surface area contributed by atoms with Gasteiger partial charge in [0.1, 0.15) is 6.33 Å². The first kappa shape index (κ1) is 10.6. The number of nitrogens with one attached hydrogen (secondary N) is 1. The van der Waals surface area contributed by atoms with Crippen LogP contribution in [0.25, 0.3) is 0 Å². The first-order valence-corrected chi connectivity index (χ1v) is 5.16. The third kappa shape index (κ3) is 1.75. The van der Waals surface area contributed by atoms with E-state index >= 15 is 0 Å². The van der Waals surface area contributed by atoms with Gasteiger partial charge in [0.05, 0.1) is 4.92 Å². The molecule has 0 aromatic carbocycles. The molecule has 0 amide bonds. The Morgan fingerprint density at radius 1 is 1.44 bits per heavy atom. The average molecular weight is 223 g/mol. The van der Waals surface area contributed by atoms with Gasteiger partial charge in [0.25, 0.3) is 0 Å². The van der Waals surface area contributed by atoms with Gasteiger partial charge in [-0.05, 0) is 12.8 Å². The summed E-state index contributed by atoms with van der Waals surface area (Å²) in [5.41, 5.74) is -0.0353. The van der Waals surface area contributed by atoms with Gasteiger partial charge in [0.15, 0.2) is 0 Å². The Hall–Kier alpha value is -1.92. The lowest BCUT2D eigenvalue weighted by Gasteiger charge is -2.16. The van der Waals surface area contributed by atoms with Crippen LogP contribution in [0.5, 0.6) is 0 Å². The Morgan fingerprint density at radius 3 is 2.69 bits per heavy atom. The standard InChI is InChI=1S/C9H13N5O2/c1-10-8-7(14(15)16)9(12-6-11-8)13-4-2-3-5-13/h6H,2-5H2,1H3,(H,10,11,12). The van der Waals surface area contributed by atoms with E-state index in [0.29, 0.717) is 5.82 Å². The fourth-order valence-electron chi connectivity index (χ4n) is 1.88. The summed E-state index contributed by atoms with van der Waals surface area (Å²) in [5, 5.41) is 13.7. The Kier molecular flexibility index (Phi) is 2.84. The Bertz CT molecular complexity index is 403. The highest BCUT2D eigenvalue weighted by molar-refractivity contribution is 5.70. The lowest BCUT2D eigenvalue weighted by Crippen LogP contribution is -2.21. The average Bonchev–Trinajstić information content (AvgIpc) is 2.81. The van der Waals surface area contributed by atoms with Gasteiger partial charge in [-0.3, -0.25) is 10.1 Å². The monoisotopic (exact) mass is 223 g/mol. The molecule has 0 bridgehead atoms. The van der Waals surface area contributed by atoms with E-state index in [1.165, 1.54) is 6.33 Å². The fourth-order valence-corrected chi connectivity index (χ4v) is 1.88. The molecular weight excluding hydrogens is 210 g/mol.